The van der Waals surface area contributed by atoms with Crippen molar-refractivity contribution in [2.24, 2.45) is 0 Å². The van der Waals surface area contributed by atoms with E-state index in [9.17, 15) is 0 Å². The molecular weight excluding hydrogens is 262 g/mol. The van der Waals surface area contributed by atoms with Crippen LogP contribution in [-0.4, -0.2) is 35.9 Å². The molecule has 3 rings (SSSR count). The van der Waals surface area contributed by atoms with Gasteiger partial charge in [-0.2, -0.15) is 0 Å². The van der Waals surface area contributed by atoms with Crippen molar-refractivity contribution in [2.45, 2.75) is 25.4 Å². The van der Waals surface area contributed by atoms with Gasteiger partial charge >= 0.3 is 0 Å². The van der Waals surface area contributed by atoms with E-state index in [4.69, 9.17) is 21.3 Å². The molecule has 19 heavy (non-hydrogen) atoms. The molecule has 1 saturated heterocycles. The first-order valence-electron chi connectivity index (χ1n) is 6.66. The highest BCUT2D eigenvalue weighted by atomic mass is 35.5. The zero-order valence-corrected chi connectivity index (χ0v) is 11.9. The van der Waals surface area contributed by atoms with Crippen LogP contribution in [0, 0.1) is 0 Å². The zero-order chi connectivity index (χ0) is 13.4. The Hall–Kier alpha value is -1.10. The third-order valence-electron chi connectivity index (χ3n) is 3.85. The van der Waals surface area contributed by atoms with Crippen molar-refractivity contribution in [2.75, 3.05) is 20.3 Å². The molecule has 0 spiro atoms. The molecule has 2 atom stereocenters. The van der Waals surface area contributed by atoms with E-state index in [0.29, 0.717) is 12.6 Å². The van der Waals surface area contributed by atoms with Crippen LogP contribution >= 0.6 is 11.6 Å². The molecule has 1 aromatic heterocycles. The third kappa shape index (κ3) is 2.04. The van der Waals surface area contributed by atoms with Gasteiger partial charge in [0.05, 0.1) is 35.2 Å². The maximum atomic E-state index is 6.32. The Morgan fingerprint density at radius 1 is 1.47 bits per heavy atom. The number of aromatic nitrogens is 2. The van der Waals surface area contributed by atoms with Crippen LogP contribution in [-0.2, 0) is 11.3 Å². The summed E-state index contributed by atoms with van der Waals surface area (Å²) in [4.78, 5) is 4.78. The van der Waals surface area contributed by atoms with Gasteiger partial charge in [0.25, 0.3) is 0 Å². The number of nitrogens with one attached hydrogen (secondary N) is 1. The fourth-order valence-electron chi connectivity index (χ4n) is 2.86. The number of nitrogens with zero attached hydrogens (tertiary/aromatic N) is 2. The second kappa shape index (κ2) is 5.12. The molecule has 1 aliphatic rings. The smallest absolute Gasteiger partial charge is 0.117 e. The van der Waals surface area contributed by atoms with Crippen LogP contribution < -0.4 is 5.32 Å². The average Bonchev–Trinajstić information content (AvgIpc) is 3.02. The molecule has 102 valence electrons. The lowest BCUT2D eigenvalue weighted by Crippen LogP contribution is -2.32. The molecular formula is C14H18ClN3O. The zero-order valence-electron chi connectivity index (χ0n) is 11.2. The Morgan fingerprint density at radius 3 is 3.05 bits per heavy atom. The van der Waals surface area contributed by atoms with Gasteiger partial charge in [0, 0.05) is 12.6 Å². The van der Waals surface area contributed by atoms with Crippen LogP contribution in [0.4, 0.5) is 0 Å². The molecule has 0 radical (unpaired) electrons. The minimum Gasteiger partial charge on any atom is -0.379 e. The van der Waals surface area contributed by atoms with Gasteiger partial charge in [-0.25, -0.2) is 4.98 Å². The number of ether oxygens (including phenoxy) is 1. The van der Waals surface area contributed by atoms with E-state index in [-0.39, 0.29) is 5.92 Å². The van der Waals surface area contributed by atoms with Crippen LogP contribution in [0.5, 0.6) is 0 Å². The maximum Gasteiger partial charge on any atom is 0.117 e. The molecule has 2 aromatic rings. The summed E-state index contributed by atoms with van der Waals surface area (Å²) in [5.41, 5.74) is 1.99. The predicted octanol–water partition coefficient (Wildman–Crippen LogP) is 2.41. The van der Waals surface area contributed by atoms with Crippen molar-refractivity contribution in [3.63, 3.8) is 0 Å². The second-order valence-electron chi connectivity index (χ2n) is 4.86. The molecule has 0 amide bonds. The molecule has 0 aliphatic carbocycles. The Kier molecular flexibility index (Phi) is 3.48. The van der Waals surface area contributed by atoms with E-state index in [1.54, 1.807) is 0 Å². The van der Waals surface area contributed by atoms with Gasteiger partial charge in [-0.3, -0.25) is 0 Å². The number of likely N-dealkylation sites (N-methyl/N-ethyl adjacent to an activating group) is 1. The summed E-state index contributed by atoms with van der Waals surface area (Å²) in [7, 11) is 1.97. The maximum absolute atomic E-state index is 6.32. The molecule has 0 bridgehead atoms. The van der Waals surface area contributed by atoms with Crippen LogP contribution in [0.15, 0.2) is 18.2 Å². The lowest BCUT2D eigenvalue weighted by molar-refractivity contribution is 0.187. The largest absolute Gasteiger partial charge is 0.379 e. The van der Waals surface area contributed by atoms with Gasteiger partial charge < -0.3 is 14.6 Å². The number of hydrogen-bond acceptors (Lipinski definition) is 3. The lowest BCUT2D eigenvalue weighted by atomic mass is 10.0. The standard InChI is InChI=1S/C14H18ClN3O/c1-3-18-13-10(15)5-4-6-11(13)17-14(18)9-7-19-8-12(9)16-2/h4-6,9,12,16H,3,7-8H2,1-2H3. The summed E-state index contributed by atoms with van der Waals surface area (Å²) < 4.78 is 7.80. The molecule has 1 N–H and O–H groups in total. The first-order valence-corrected chi connectivity index (χ1v) is 7.03. The summed E-state index contributed by atoms with van der Waals surface area (Å²) in [6.07, 6.45) is 0. The highest BCUT2D eigenvalue weighted by molar-refractivity contribution is 6.35. The molecule has 1 aliphatic heterocycles. The van der Waals surface area contributed by atoms with Gasteiger partial charge in [0.2, 0.25) is 0 Å². The van der Waals surface area contributed by atoms with Crippen LogP contribution in [0.3, 0.4) is 0 Å². The van der Waals surface area contributed by atoms with Crippen LogP contribution in [0.1, 0.15) is 18.7 Å². The topological polar surface area (TPSA) is 39.1 Å². The quantitative estimate of drug-likeness (QED) is 0.938. The van der Waals surface area contributed by atoms with E-state index in [2.05, 4.69) is 16.8 Å². The van der Waals surface area contributed by atoms with Crippen LogP contribution in [0.2, 0.25) is 5.02 Å². The molecule has 2 heterocycles. The van der Waals surface area contributed by atoms with Crippen molar-refractivity contribution in [1.29, 1.82) is 0 Å². The molecule has 0 saturated carbocycles. The first-order chi connectivity index (χ1) is 9.26. The van der Waals surface area contributed by atoms with Gasteiger partial charge in [-0.15, -0.1) is 0 Å². The van der Waals surface area contributed by atoms with Gasteiger partial charge in [0.15, 0.2) is 0 Å². The van der Waals surface area contributed by atoms with Gasteiger partial charge in [0.1, 0.15) is 5.82 Å². The Balaban J connectivity index is 2.16. The molecule has 4 nitrogen and oxygen atoms in total. The van der Waals surface area contributed by atoms with Gasteiger partial charge in [-0.1, -0.05) is 17.7 Å². The van der Waals surface area contributed by atoms with E-state index in [1.165, 1.54) is 0 Å². The van der Waals surface area contributed by atoms with Gasteiger partial charge in [-0.05, 0) is 26.1 Å². The monoisotopic (exact) mass is 279 g/mol. The lowest BCUT2D eigenvalue weighted by Gasteiger charge is -2.17. The number of benzene rings is 1. The summed E-state index contributed by atoms with van der Waals surface area (Å²) in [5, 5.41) is 4.07. The summed E-state index contributed by atoms with van der Waals surface area (Å²) in [6, 6.07) is 6.20. The number of halogens is 1. The Morgan fingerprint density at radius 2 is 2.32 bits per heavy atom. The van der Waals surface area contributed by atoms with E-state index in [1.807, 2.05) is 25.2 Å². The van der Waals surface area contributed by atoms with Crippen molar-refractivity contribution in [3.8, 4) is 0 Å². The number of rotatable bonds is 3. The fraction of sp³-hybridized carbons (Fsp3) is 0.500. The van der Waals surface area contributed by atoms with Crippen LogP contribution in [0.25, 0.3) is 11.0 Å². The molecule has 1 aromatic carbocycles. The number of aryl methyl sites for hydroxylation is 1. The minimum absolute atomic E-state index is 0.286. The third-order valence-corrected chi connectivity index (χ3v) is 4.15. The first kappa shape index (κ1) is 12.9. The molecule has 1 fully saturated rings. The van der Waals surface area contributed by atoms with Crippen molar-refractivity contribution in [1.82, 2.24) is 14.9 Å². The molecule has 5 heteroatoms. The van der Waals surface area contributed by atoms with Crippen molar-refractivity contribution >= 4 is 22.6 Å². The summed E-state index contributed by atoms with van der Waals surface area (Å²) in [5.74, 6) is 1.36. The minimum atomic E-state index is 0.286. The Labute approximate surface area is 117 Å². The number of fused-ring (bicyclic) bond motifs is 1. The van der Waals surface area contributed by atoms with Crippen molar-refractivity contribution < 1.29 is 4.74 Å². The van der Waals surface area contributed by atoms with E-state index in [0.717, 1.165) is 35.0 Å². The normalized spacial score (nSPS) is 23.3. The average molecular weight is 280 g/mol. The van der Waals surface area contributed by atoms with E-state index >= 15 is 0 Å². The summed E-state index contributed by atoms with van der Waals surface area (Å²) >= 11 is 6.32. The van der Waals surface area contributed by atoms with Crippen molar-refractivity contribution in [3.05, 3.63) is 29.0 Å². The highest BCUT2D eigenvalue weighted by Crippen LogP contribution is 2.31. The summed E-state index contributed by atoms with van der Waals surface area (Å²) in [6.45, 7) is 4.44. The SMILES string of the molecule is CCn1c(C2COCC2NC)nc2cccc(Cl)c21. The van der Waals surface area contributed by atoms with E-state index < -0.39 is 0 Å². The number of hydrogen-bond donors (Lipinski definition) is 1. The molecule has 2 unspecified atom stereocenters. The highest BCUT2D eigenvalue weighted by Gasteiger charge is 2.32. The Bertz CT molecular complexity index is 596. The number of para-hydroxylation sites is 1. The number of imidazole rings is 1. The second-order valence-corrected chi connectivity index (χ2v) is 5.27. The predicted molar refractivity (Wildman–Crippen MR) is 76.8 cm³/mol. The fourth-order valence-corrected chi connectivity index (χ4v) is 3.13.